The second-order valence-corrected chi connectivity index (χ2v) is 6.19. The number of hydrogen-bond acceptors (Lipinski definition) is 3. The minimum Gasteiger partial charge on any atom is -0.356 e. The number of aliphatic imine (C=N–C) groups is 1. The van der Waals surface area contributed by atoms with Crippen molar-refractivity contribution in [3.05, 3.63) is 12.2 Å². The van der Waals surface area contributed by atoms with Crippen LogP contribution in [0, 0.1) is 0 Å². The Kier molecular flexibility index (Phi) is 11.8. The Labute approximate surface area is 147 Å². The number of guanidine groups is 1. The highest BCUT2D eigenvalue weighted by Crippen LogP contribution is 2.07. The third kappa shape index (κ3) is 8.89. The van der Waals surface area contributed by atoms with Gasteiger partial charge < -0.3 is 15.2 Å². The van der Waals surface area contributed by atoms with Crippen LogP contribution < -0.4 is 10.6 Å². The normalized spacial score (nSPS) is 11.7. The van der Waals surface area contributed by atoms with E-state index >= 15 is 0 Å². The fraction of sp³-hybridized carbons (Fsp3) is 0.833. The van der Waals surface area contributed by atoms with E-state index < -0.39 is 0 Å². The van der Waals surface area contributed by atoms with E-state index in [4.69, 9.17) is 0 Å². The summed E-state index contributed by atoms with van der Waals surface area (Å²) in [6.07, 6.45) is 13.5. The Balaban J connectivity index is 2.03. The van der Waals surface area contributed by atoms with Crippen molar-refractivity contribution in [2.45, 2.75) is 78.2 Å². The molecule has 0 fully saturated rings. The molecule has 0 saturated heterocycles. The molecule has 0 aromatic carbocycles. The van der Waals surface area contributed by atoms with Gasteiger partial charge in [-0.15, -0.1) is 10.2 Å². The largest absolute Gasteiger partial charge is 0.356 e. The van der Waals surface area contributed by atoms with Crippen molar-refractivity contribution < 1.29 is 0 Å². The first-order valence-corrected chi connectivity index (χ1v) is 9.63. The monoisotopic (exact) mass is 336 g/mol. The van der Waals surface area contributed by atoms with Crippen molar-refractivity contribution in [3.63, 3.8) is 0 Å². The first-order chi connectivity index (χ1) is 11.8. The quantitative estimate of drug-likeness (QED) is 0.330. The number of aryl methyl sites for hydroxylation is 1. The molecule has 0 radical (unpaired) electrons. The molecule has 0 aliphatic heterocycles. The van der Waals surface area contributed by atoms with Crippen molar-refractivity contribution in [2.24, 2.45) is 4.99 Å². The fourth-order valence-corrected chi connectivity index (χ4v) is 2.72. The maximum atomic E-state index is 4.27. The first kappa shape index (κ1) is 20.5. The number of hydrogen-bond donors (Lipinski definition) is 2. The van der Waals surface area contributed by atoms with Gasteiger partial charge in [-0.2, -0.15) is 0 Å². The molecule has 0 saturated carbocycles. The van der Waals surface area contributed by atoms with Crippen LogP contribution in [0.2, 0.25) is 0 Å². The number of nitrogens with zero attached hydrogens (tertiary/aromatic N) is 4. The fourth-order valence-electron chi connectivity index (χ4n) is 2.72. The van der Waals surface area contributed by atoms with Gasteiger partial charge in [0.25, 0.3) is 0 Å². The molecule has 24 heavy (non-hydrogen) atoms. The Morgan fingerprint density at radius 3 is 2.33 bits per heavy atom. The molecule has 0 spiro atoms. The Morgan fingerprint density at radius 1 is 1.00 bits per heavy atom. The molecule has 6 nitrogen and oxygen atoms in total. The number of rotatable bonds is 13. The predicted octanol–water partition coefficient (Wildman–Crippen LogP) is 3.15. The van der Waals surface area contributed by atoms with Crippen LogP contribution in [0.4, 0.5) is 0 Å². The van der Waals surface area contributed by atoms with Gasteiger partial charge >= 0.3 is 0 Å². The van der Waals surface area contributed by atoms with Crippen LogP contribution in [0.3, 0.4) is 0 Å². The van der Waals surface area contributed by atoms with Gasteiger partial charge in [-0.1, -0.05) is 58.8 Å². The lowest BCUT2D eigenvalue weighted by Gasteiger charge is -2.12. The third-order valence-corrected chi connectivity index (χ3v) is 4.20. The zero-order valence-electron chi connectivity index (χ0n) is 15.9. The molecule has 1 heterocycles. The second-order valence-electron chi connectivity index (χ2n) is 6.19. The van der Waals surface area contributed by atoms with Crippen LogP contribution in [0.1, 0.15) is 71.0 Å². The highest BCUT2D eigenvalue weighted by atomic mass is 15.3. The molecular weight excluding hydrogens is 300 g/mol. The Hall–Kier alpha value is -1.59. The predicted molar refractivity (Wildman–Crippen MR) is 101 cm³/mol. The van der Waals surface area contributed by atoms with E-state index in [2.05, 4.69) is 44.2 Å². The minimum atomic E-state index is 0.822. The van der Waals surface area contributed by atoms with E-state index in [-0.39, 0.29) is 0 Å². The third-order valence-electron chi connectivity index (χ3n) is 4.20. The van der Waals surface area contributed by atoms with E-state index in [1.54, 1.807) is 6.33 Å². The molecular formula is C18H36N6. The molecule has 0 bridgehead atoms. The zero-order chi connectivity index (χ0) is 17.5. The van der Waals surface area contributed by atoms with Crippen LogP contribution in [0.25, 0.3) is 0 Å². The van der Waals surface area contributed by atoms with E-state index in [0.717, 1.165) is 37.8 Å². The molecule has 0 atom stereocenters. The summed E-state index contributed by atoms with van der Waals surface area (Å²) in [5, 5.41) is 14.8. The summed E-state index contributed by atoms with van der Waals surface area (Å²) in [4.78, 5) is 4.27. The lowest BCUT2D eigenvalue weighted by molar-refractivity contribution is 0.570. The highest BCUT2D eigenvalue weighted by Gasteiger charge is 2.02. The van der Waals surface area contributed by atoms with E-state index in [1.165, 1.54) is 51.4 Å². The van der Waals surface area contributed by atoms with Crippen LogP contribution in [0.15, 0.2) is 11.3 Å². The SMILES string of the molecule is CCCCCCCCCCNC(=NC)NCCn1cnnc1CC. The molecule has 138 valence electrons. The van der Waals surface area contributed by atoms with Gasteiger partial charge in [-0.25, -0.2) is 0 Å². The zero-order valence-corrected chi connectivity index (χ0v) is 15.9. The van der Waals surface area contributed by atoms with Crippen molar-refractivity contribution in [2.75, 3.05) is 20.1 Å². The average Bonchev–Trinajstić information content (AvgIpc) is 3.06. The van der Waals surface area contributed by atoms with Crippen molar-refractivity contribution in [1.29, 1.82) is 0 Å². The summed E-state index contributed by atoms with van der Waals surface area (Å²) < 4.78 is 2.08. The lowest BCUT2D eigenvalue weighted by atomic mass is 10.1. The van der Waals surface area contributed by atoms with Crippen LogP contribution >= 0.6 is 0 Å². The molecule has 1 aromatic heterocycles. The summed E-state index contributed by atoms with van der Waals surface area (Å²) in [6.45, 7) is 7.03. The number of aromatic nitrogens is 3. The van der Waals surface area contributed by atoms with Gasteiger partial charge in [0.2, 0.25) is 0 Å². The molecule has 1 aromatic rings. The van der Waals surface area contributed by atoms with E-state index in [0.29, 0.717) is 0 Å². The molecule has 6 heteroatoms. The Bertz CT molecular complexity index is 440. The standard InChI is InChI=1S/C18H36N6/c1-4-6-7-8-9-10-11-12-13-20-18(19-3)21-14-15-24-16-22-23-17(24)5-2/h16H,4-15H2,1-3H3,(H2,19,20,21). The van der Waals surface area contributed by atoms with Gasteiger partial charge in [0, 0.05) is 33.1 Å². The summed E-state index contributed by atoms with van der Waals surface area (Å²) in [7, 11) is 1.82. The molecule has 0 amide bonds. The minimum absolute atomic E-state index is 0.822. The summed E-state index contributed by atoms with van der Waals surface area (Å²) in [6, 6.07) is 0. The lowest BCUT2D eigenvalue weighted by Crippen LogP contribution is -2.39. The number of nitrogens with one attached hydrogen (secondary N) is 2. The average molecular weight is 337 g/mol. The first-order valence-electron chi connectivity index (χ1n) is 9.63. The molecule has 0 unspecified atom stereocenters. The van der Waals surface area contributed by atoms with Gasteiger partial charge in [-0.05, 0) is 6.42 Å². The molecule has 2 N–H and O–H groups in total. The second kappa shape index (κ2) is 13.8. The van der Waals surface area contributed by atoms with Gasteiger partial charge in [0.1, 0.15) is 12.2 Å². The number of unbranched alkanes of at least 4 members (excludes halogenated alkanes) is 7. The molecule has 0 aliphatic carbocycles. The van der Waals surface area contributed by atoms with Crippen LogP contribution in [-0.2, 0) is 13.0 Å². The molecule has 0 aliphatic rings. The van der Waals surface area contributed by atoms with Crippen molar-refractivity contribution in [3.8, 4) is 0 Å². The summed E-state index contributed by atoms with van der Waals surface area (Å²) in [5.74, 6) is 1.91. The van der Waals surface area contributed by atoms with E-state index in [1.807, 2.05) is 7.05 Å². The van der Waals surface area contributed by atoms with E-state index in [9.17, 15) is 0 Å². The molecule has 1 rings (SSSR count). The maximum absolute atomic E-state index is 4.27. The van der Waals surface area contributed by atoms with Crippen molar-refractivity contribution >= 4 is 5.96 Å². The van der Waals surface area contributed by atoms with Crippen LogP contribution in [0.5, 0.6) is 0 Å². The van der Waals surface area contributed by atoms with Gasteiger partial charge in [0.05, 0.1) is 0 Å². The van der Waals surface area contributed by atoms with Crippen molar-refractivity contribution in [1.82, 2.24) is 25.4 Å². The topological polar surface area (TPSA) is 67.1 Å². The van der Waals surface area contributed by atoms with Gasteiger partial charge in [-0.3, -0.25) is 4.99 Å². The van der Waals surface area contributed by atoms with Crippen LogP contribution in [-0.4, -0.2) is 40.9 Å². The highest BCUT2D eigenvalue weighted by molar-refractivity contribution is 5.79. The Morgan fingerprint density at radius 2 is 1.67 bits per heavy atom. The van der Waals surface area contributed by atoms with Gasteiger partial charge in [0.15, 0.2) is 5.96 Å². The smallest absolute Gasteiger partial charge is 0.191 e. The summed E-state index contributed by atoms with van der Waals surface area (Å²) >= 11 is 0. The summed E-state index contributed by atoms with van der Waals surface area (Å²) in [5.41, 5.74) is 0. The maximum Gasteiger partial charge on any atom is 0.191 e.